The maximum Gasteiger partial charge on any atom is 0.243 e. The van der Waals surface area contributed by atoms with Crippen LogP contribution in [-0.4, -0.2) is 109 Å². The van der Waals surface area contributed by atoms with Crippen molar-refractivity contribution in [2.24, 2.45) is 11.8 Å². The maximum atomic E-state index is 13.7. The average molecular weight is 699 g/mol. The van der Waals surface area contributed by atoms with E-state index in [1.54, 1.807) is 18.3 Å². The molecule has 0 aliphatic rings. The summed E-state index contributed by atoms with van der Waals surface area (Å²) in [5, 5.41) is 20.4. The summed E-state index contributed by atoms with van der Waals surface area (Å²) in [6.07, 6.45) is 4.19. The lowest BCUT2D eigenvalue weighted by atomic mass is 9.96. The van der Waals surface area contributed by atoms with Gasteiger partial charge in [-0.3, -0.25) is 28.9 Å². The third-order valence-electron chi connectivity index (χ3n) is 8.23. The van der Waals surface area contributed by atoms with Gasteiger partial charge in [0.15, 0.2) is 0 Å². The Labute approximate surface area is 296 Å². The Morgan fingerprint density at radius 1 is 0.860 bits per heavy atom. The molecular weight excluding hydrogens is 640 g/mol. The number of benzene rings is 1. The van der Waals surface area contributed by atoms with Crippen molar-refractivity contribution < 1.29 is 24.0 Å². The van der Waals surface area contributed by atoms with Gasteiger partial charge in [0.25, 0.3) is 0 Å². The summed E-state index contributed by atoms with van der Waals surface area (Å²) in [7, 11) is 3.76. The molecule has 1 aromatic carbocycles. The molecule has 0 saturated carbocycles. The number of nitrogens with zero attached hydrogens (tertiary/aromatic N) is 2. The van der Waals surface area contributed by atoms with Crippen LogP contribution >= 0.6 is 0 Å². The zero-order chi connectivity index (χ0) is 37.1. The molecule has 0 radical (unpaired) electrons. The summed E-state index contributed by atoms with van der Waals surface area (Å²) in [5.74, 6) is -2.00. The quantitative estimate of drug-likeness (QED) is 0.0815. The molecule has 1 heterocycles. The van der Waals surface area contributed by atoms with Gasteiger partial charge in [-0.2, -0.15) is 0 Å². The first-order valence-corrected chi connectivity index (χ1v) is 17.4. The molecule has 0 spiro atoms. The van der Waals surface area contributed by atoms with E-state index in [4.69, 9.17) is 0 Å². The second-order valence-corrected chi connectivity index (χ2v) is 13.0. The number of H-pyrrole nitrogens is 1. The van der Waals surface area contributed by atoms with Crippen LogP contribution in [0.4, 0.5) is 5.69 Å². The van der Waals surface area contributed by atoms with Gasteiger partial charge in [-0.05, 0) is 50.0 Å². The van der Waals surface area contributed by atoms with Crippen molar-refractivity contribution in [1.82, 2.24) is 46.8 Å². The molecule has 2 aromatic rings. The molecule has 278 valence electrons. The molecule has 15 heteroatoms. The van der Waals surface area contributed by atoms with Crippen LogP contribution in [0.25, 0.3) is 0 Å². The number of aromatic nitrogens is 2. The highest BCUT2D eigenvalue weighted by molar-refractivity contribution is 5.94. The summed E-state index contributed by atoms with van der Waals surface area (Å²) in [6.45, 7) is 12.5. The number of anilines is 1. The molecule has 8 N–H and O–H groups in total. The van der Waals surface area contributed by atoms with Crippen LogP contribution in [0.2, 0.25) is 0 Å². The first kappa shape index (κ1) is 41.8. The molecule has 0 saturated heterocycles. The number of likely N-dealkylation sites (N-methyl/N-ethyl adjacent to an activating group) is 2. The molecule has 0 bridgehead atoms. The number of aromatic amines is 1. The number of amides is 5. The predicted molar refractivity (Wildman–Crippen MR) is 194 cm³/mol. The van der Waals surface area contributed by atoms with Gasteiger partial charge in [0.05, 0.1) is 12.9 Å². The van der Waals surface area contributed by atoms with Crippen LogP contribution in [0.15, 0.2) is 36.8 Å². The van der Waals surface area contributed by atoms with Gasteiger partial charge < -0.3 is 42.2 Å². The maximum absolute atomic E-state index is 13.7. The summed E-state index contributed by atoms with van der Waals surface area (Å²) in [5.41, 5.74) is 2.13. The van der Waals surface area contributed by atoms with Gasteiger partial charge in [0.2, 0.25) is 29.5 Å². The number of nitrogens with one attached hydrogen (secondary N) is 8. The van der Waals surface area contributed by atoms with Crippen LogP contribution in [0, 0.1) is 11.8 Å². The van der Waals surface area contributed by atoms with Gasteiger partial charge in [0, 0.05) is 63.6 Å². The lowest BCUT2D eigenvalue weighted by molar-refractivity contribution is -0.134. The van der Waals surface area contributed by atoms with E-state index in [-0.39, 0.29) is 49.1 Å². The summed E-state index contributed by atoms with van der Waals surface area (Å²) < 4.78 is 0. The zero-order valence-electron chi connectivity index (χ0n) is 30.7. The van der Waals surface area contributed by atoms with Crippen LogP contribution < -0.4 is 37.2 Å². The second kappa shape index (κ2) is 22.4. The normalized spacial score (nSPS) is 13.6. The SMILES string of the molecule is CCC(C)[C@H](NC(=O)[C@H](Cc1cnc[nH]1)NC(C)=O)C(=O)N[C@@H](CC(C)C)C(=O)NCc1ccc(NC(=O)CN(CCNC)CCNC)cc1. The topological polar surface area (TPSA) is 201 Å². The Morgan fingerprint density at radius 3 is 2.06 bits per heavy atom. The number of hydrogen-bond donors (Lipinski definition) is 8. The minimum absolute atomic E-state index is 0.0940. The predicted octanol–water partition coefficient (Wildman–Crippen LogP) is 0.514. The first-order valence-electron chi connectivity index (χ1n) is 17.4. The van der Waals surface area contributed by atoms with Gasteiger partial charge in [-0.15, -0.1) is 0 Å². The van der Waals surface area contributed by atoms with Gasteiger partial charge >= 0.3 is 0 Å². The zero-order valence-corrected chi connectivity index (χ0v) is 30.7. The Bertz CT molecular complexity index is 1330. The molecule has 15 nitrogen and oxygen atoms in total. The molecule has 5 amide bonds. The number of imidazole rings is 1. The van der Waals surface area contributed by atoms with E-state index < -0.39 is 29.9 Å². The Kier molecular flexibility index (Phi) is 18.7. The fourth-order valence-electron chi connectivity index (χ4n) is 5.22. The molecule has 50 heavy (non-hydrogen) atoms. The summed E-state index contributed by atoms with van der Waals surface area (Å²) in [6, 6.07) is 4.53. The van der Waals surface area contributed by atoms with E-state index in [1.807, 2.05) is 53.9 Å². The van der Waals surface area contributed by atoms with Crippen molar-refractivity contribution in [3.8, 4) is 0 Å². The van der Waals surface area contributed by atoms with Crippen LogP contribution in [0.3, 0.4) is 0 Å². The van der Waals surface area contributed by atoms with Crippen molar-refractivity contribution >= 4 is 35.2 Å². The third kappa shape index (κ3) is 15.5. The van der Waals surface area contributed by atoms with Crippen LogP contribution in [0.5, 0.6) is 0 Å². The highest BCUT2D eigenvalue weighted by Crippen LogP contribution is 2.13. The Balaban J connectivity index is 2.04. The average Bonchev–Trinajstić information content (AvgIpc) is 3.59. The lowest BCUT2D eigenvalue weighted by Gasteiger charge is -2.28. The van der Waals surface area contributed by atoms with Crippen molar-refractivity contribution in [3.63, 3.8) is 0 Å². The number of hydrogen-bond acceptors (Lipinski definition) is 9. The summed E-state index contributed by atoms with van der Waals surface area (Å²) >= 11 is 0. The molecular formula is C35H58N10O5. The molecule has 0 aliphatic carbocycles. The highest BCUT2D eigenvalue weighted by atomic mass is 16.2. The molecule has 4 atom stereocenters. The molecule has 0 fully saturated rings. The van der Waals surface area contributed by atoms with Gasteiger partial charge in [-0.25, -0.2) is 4.98 Å². The van der Waals surface area contributed by atoms with Crippen molar-refractivity contribution in [3.05, 3.63) is 48.0 Å². The number of carbonyl (C=O) groups is 5. The van der Waals surface area contributed by atoms with E-state index in [1.165, 1.54) is 13.3 Å². The smallest absolute Gasteiger partial charge is 0.243 e. The van der Waals surface area contributed by atoms with Crippen molar-refractivity contribution in [2.75, 3.05) is 52.1 Å². The molecule has 0 aliphatic heterocycles. The van der Waals surface area contributed by atoms with Gasteiger partial charge in [0.1, 0.15) is 18.1 Å². The third-order valence-corrected chi connectivity index (χ3v) is 8.23. The van der Waals surface area contributed by atoms with Crippen LogP contribution in [-0.2, 0) is 36.9 Å². The first-order chi connectivity index (χ1) is 23.9. The Hall–Kier alpha value is -4.34. The van der Waals surface area contributed by atoms with E-state index in [0.717, 1.165) is 31.7 Å². The standard InChI is InChI=1S/C35H58N10O5/c1-8-24(4)32(44-34(49)30(41-25(5)46)18-28-20-38-22-40-28)35(50)43-29(17-23(2)3)33(48)39-19-26-9-11-27(12-10-26)42-31(47)21-45(15-13-36-6)16-14-37-7/h9-12,20,22-24,29-30,32,36-37H,8,13-19,21H2,1-7H3,(H,38,40)(H,39,48)(H,41,46)(H,42,47)(H,43,50)(H,44,49)/t24?,29-,30-,32-/m0/s1. The molecule has 2 rings (SSSR count). The summed E-state index contributed by atoms with van der Waals surface area (Å²) in [4.78, 5) is 73.9. The second-order valence-electron chi connectivity index (χ2n) is 13.0. The largest absolute Gasteiger partial charge is 0.350 e. The van der Waals surface area contributed by atoms with E-state index in [9.17, 15) is 24.0 Å². The van der Waals surface area contributed by atoms with Crippen molar-refractivity contribution in [2.45, 2.75) is 78.6 Å². The van der Waals surface area contributed by atoms with E-state index >= 15 is 0 Å². The molecule has 1 aromatic heterocycles. The number of carbonyl (C=O) groups excluding carboxylic acids is 5. The monoisotopic (exact) mass is 698 g/mol. The highest BCUT2D eigenvalue weighted by Gasteiger charge is 2.32. The minimum atomic E-state index is -0.936. The fraction of sp³-hybridized carbons (Fsp3) is 0.600. The number of rotatable bonds is 23. The lowest BCUT2D eigenvalue weighted by Crippen LogP contribution is -2.58. The van der Waals surface area contributed by atoms with Crippen LogP contribution in [0.1, 0.15) is 58.7 Å². The molecule has 1 unspecified atom stereocenters. The minimum Gasteiger partial charge on any atom is -0.350 e. The van der Waals surface area contributed by atoms with E-state index in [0.29, 0.717) is 24.2 Å². The fourth-order valence-corrected chi connectivity index (χ4v) is 5.22. The van der Waals surface area contributed by atoms with Gasteiger partial charge in [-0.1, -0.05) is 46.2 Å². The Morgan fingerprint density at radius 2 is 1.52 bits per heavy atom. The van der Waals surface area contributed by atoms with Crippen molar-refractivity contribution in [1.29, 1.82) is 0 Å². The van der Waals surface area contributed by atoms with E-state index in [2.05, 4.69) is 52.1 Å².